The molecule has 0 aliphatic heterocycles. The van der Waals surface area contributed by atoms with Crippen LogP contribution in [0.3, 0.4) is 0 Å². The fourth-order valence-electron chi connectivity index (χ4n) is 12.7. The first kappa shape index (κ1) is 99.1. The van der Waals surface area contributed by atoms with Crippen molar-refractivity contribution in [2.24, 2.45) is 11.8 Å². The number of hydrogen-bond donors (Lipinski definition) is 3. The maximum atomic E-state index is 13.1. The van der Waals surface area contributed by atoms with Crippen molar-refractivity contribution < 1.29 is 80.2 Å². The van der Waals surface area contributed by atoms with Gasteiger partial charge in [-0.05, 0) is 37.5 Å². The Morgan fingerprint density at radius 3 is 0.752 bits per heavy atom. The molecule has 0 aromatic rings. The average molecular weight is 1480 g/mol. The molecule has 0 spiro atoms. The molecule has 600 valence electrons. The SMILES string of the molecule is CCCCCCCCCCCCCCCCCCCCCCCCC(=O)O[C@H](COC(=O)CCCCCCCCCCCCCCCCC(C)CC)COP(=O)(O)OC[C@@H](O)COP(=O)(O)OC[C@@H](COC(=O)CCCCCCCCCCCC)OC(=O)CCCCCCCCCCC(C)C. The second-order valence-electron chi connectivity index (χ2n) is 30.2. The fourth-order valence-corrected chi connectivity index (χ4v) is 14.3. The van der Waals surface area contributed by atoms with Crippen LogP contribution in [-0.2, 0) is 65.4 Å². The molecule has 0 aromatic carbocycles. The standard InChI is InChI=1S/C82H160O17P2/c1-7-10-12-14-16-18-20-21-22-23-24-25-26-27-28-29-34-37-41-48-54-60-66-81(86)98-77(70-93-80(85)65-59-53-47-40-36-33-31-30-32-35-38-45-51-57-63-75(6)9-3)72-96-100(88,89)94-68-76(83)69-95-101(90,91)97-73-78(71-92-79(84)64-58-52-46-39-19-17-15-13-11-8-2)99-82(87)67-61-55-49-43-42-44-50-56-62-74(4)5/h74-78,83H,7-73H2,1-6H3,(H,88,89)(H,90,91)/t75?,76-,77-,78-/m1/s1. The third-order valence-corrected chi connectivity index (χ3v) is 21.5. The lowest BCUT2D eigenvalue weighted by Gasteiger charge is -2.21. The number of unbranched alkanes of at least 4 members (excludes halogenated alkanes) is 50. The van der Waals surface area contributed by atoms with Gasteiger partial charge in [0.05, 0.1) is 26.4 Å². The predicted molar refractivity (Wildman–Crippen MR) is 414 cm³/mol. The number of carbonyl (C=O) groups excluding carboxylic acids is 4. The van der Waals surface area contributed by atoms with E-state index >= 15 is 0 Å². The molecule has 3 N–H and O–H groups in total. The second-order valence-corrected chi connectivity index (χ2v) is 33.1. The Labute approximate surface area is 619 Å². The Hall–Kier alpha value is -1.94. The molecule has 101 heavy (non-hydrogen) atoms. The number of esters is 4. The number of hydrogen-bond acceptors (Lipinski definition) is 15. The summed E-state index contributed by atoms with van der Waals surface area (Å²) in [7, 11) is -9.92. The minimum absolute atomic E-state index is 0.105. The quantitative estimate of drug-likeness (QED) is 0.0222. The molecule has 0 heterocycles. The van der Waals surface area contributed by atoms with Gasteiger partial charge in [0.15, 0.2) is 12.2 Å². The van der Waals surface area contributed by atoms with Gasteiger partial charge in [0.25, 0.3) is 0 Å². The van der Waals surface area contributed by atoms with Crippen molar-refractivity contribution in [3.63, 3.8) is 0 Å². The maximum Gasteiger partial charge on any atom is 0.472 e. The lowest BCUT2D eigenvalue weighted by molar-refractivity contribution is -0.161. The molecule has 0 fully saturated rings. The summed E-state index contributed by atoms with van der Waals surface area (Å²) in [6.07, 6.45) is 64.0. The van der Waals surface area contributed by atoms with Gasteiger partial charge in [-0.15, -0.1) is 0 Å². The first-order valence-electron chi connectivity index (χ1n) is 42.5. The summed E-state index contributed by atoms with van der Waals surface area (Å²) in [5, 5.41) is 10.6. The van der Waals surface area contributed by atoms with E-state index in [1.54, 1.807) is 0 Å². The molecule has 3 unspecified atom stereocenters. The van der Waals surface area contributed by atoms with Gasteiger partial charge in [0, 0.05) is 25.7 Å². The molecule has 0 aromatic heterocycles. The number of rotatable bonds is 81. The molecule has 0 saturated carbocycles. The molecule has 0 saturated heterocycles. The van der Waals surface area contributed by atoms with E-state index < -0.39 is 97.5 Å². The number of phosphoric ester groups is 2. The lowest BCUT2D eigenvalue weighted by atomic mass is 9.99. The van der Waals surface area contributed by atoms with E-state index in [1.165, 1.54) is 250 Å². The van der Waals surface area contributed by atoms with Crippen molar-refractivity contribution in [1.82, 2.24) is 0 Å². The summed E-state index contributed by atoms with van der Waals surface area (Å²) in [4.78, 5) is 73.0. The zero-order valence-corrected chi connectivity index (χ0v) is 68.0. The summed E-state index contributed by atoms with van der Waals surface area (Å²) in [6, 6.07) is 0. The van der Waals surface area contributed by atoms with Crippen LogP contribution in [-0.4, -0.2) is 96.7 Å². The number of carbonyl (C=O) groups is 4. The zero-order valence-electron chi connectivity index (χ0n) is 66.2. The van der Waals surface area contributed by atoms with Gasteiger partial charge in [-0.1, -0.05) is 382 Å². The highest BCUT2D eigenvalue weighted by atomic mass is 31.2. The Morgan fingerprint density at radius 1 is 0.287 bits per heavy atom. The van der Waals surface area contributed by atoms with Crippen molar-refractivity contribution in [1.29, 1.82) is 0 Å². The van der Waals surface area contributed by atoms with Gasteiger partial charge in [0.1, 0.15) is 19.3 Å². The predicted octanol–water partition coefficient (Wildman–Crippen LogP) is 24.7. The normalized spacial score (nSPS) is 14.2. The van der Waals surface area contributed by atoms with Crippen molar-refractivity contribution in [3.8, 4) is 0 Å². The van der Waals surface area contributed by atoms with Gasteiger partial charge < -0.3 is 33.8 Å². The molecule has 19 heteroatoms. The van der Waals surface area contributed by atoms with E-state index in [1.807, 2.05) is 0 Å². The Bertz CT molecular complexity index is 1940. The van der Waals surface area contributed by atoms with E-state index in [2.05, 4.69) is 41.5 Å². The Kier molecular flexibility index (Phi) is 72.2. The molecule has 0 aliphatic carbocycles. The molecule has 0 aliphatic rings. The molecular formula is C82H160O17P2. The molecule has 17 nitrogen and oxygen atoms in total. The van der Waals surface area contributed by atoms with Gasteiger partial charge in [0.2, 0.25) is 0 Å². The topological polar surface area (TPSA) is 237 Å². The van der Waals surface area contributed by atoms with Crippen molar-refractivity contribution in [2.75, 3.05) is 39.6 Å². The minimum Gasteiger partial charge on any atom is -0.462 e. The van der Waals surface area contributed by atoms with E-state index in [4.69, 9.17) is 37.0 Å². The van der Waals surface area contributed by atoms with Gasteiger partial charge in [-0.2, -0.15) is 0 Å². The summed E-state index contributed by atoms with van der Waals surface area (Å²) < 4.78 is 68.7. The zero-order chi connectivity index (χ0) is 74.2. The summed E-state index contributed by atoms with van der Waals surface area (Å²) >= 11 is 0. The molecule has 0 amide bonds. The molecule has 0 bridgehead atoms. The van der Waals surface area contributed by atoms with Crippen LogP contribution in [0.1, 0.15) is 433 Å². The number of phosphoric acid groups is 2. The lowest BCUT2D eigenvalue weighted by Crippen LogP contribution is -2.30. The van der Waals surface area contributed by atoms with E-state index in [0.29, 0.717) is 25.7 Å². The van der Waals surface area contributed by atoms with Gasteiger partial charge in [-0.3, -0.25) is 37.3 Å². The monoisotopic (exact) mass is 1480 g/mol. The van der Waals surface area contributed by atoms with Crippen LogP contribution in [0.5, 0.6) is 0 Å². The molecule has 0 rings (SSSR count). The summed E-state index contributed by atoms with van der Waals surface area (Å²) in [5.74, 6) is -0.543. The van der Waals surface area contributed by atoms with Crippen LogP contribution >= 0.6 is 15.6 Å². The largest absolute Gasteiger partial charge is 0.472 e. The van der Waals surface area contributed by atoms with E-state index in [9.17, 15) is 43.2 Å². The molecule has 0 radical (unpaired) electrons. The van der Waals surface area contributed by atoms with Crippen molar-refractivity contribution in [2.45, 2.75) is 452 Å². The second kappa shape index (κ2) is 73.6. The van der Waals surface area contributed by atoms with Crippen molar-refractivity contribution in [3.05, 3.63) is 0 Å². The Balaban J connectivity index is 5.20. The first-order valence-corrected chi connectivity index (χ1v) is 45.5. The summed E-state index contributed by atoms with van der Waals surface area (Å²) in [5.41, 5.74) is 0. The van der Waals surface area contributed by atoms with Gasteiger partial charge >= 0.3 is 39.5 Å². The van der Waals surface area contributed by atoms with Crippen molar-refractivity contribution >= 4 is 39.5 Å². The molecule has 6 atom stereocenters. The van der Waals surface area contributed by atoms with Gasteiger partial charge in [-0.25, -0.2) is 9.13 Å². The maximum absolute atomic E-state index is 13.1. The first-order chi connectivity index (χ1) is 48.9. The Morgan fingerprint density at radius 2 is 0.505 bits per heavy atom. The molecular weight excluding hydrogens is 1320 g/mol. The van der Waals surface area contributed by atoms with Crippen LogP contribution < -0.4 is 0 Å². The number of aliphatic hydroxyl groups excluding tert-OH is 1. The highest BCUT2D eigenvalue weighted by Gasteiger charge is 2.30. The van der Waals surface area contributed by atoms with Crippen LogP contribution in [0.15, 0.2) is 0 Å². The van der Waals surface area contributed by atoms with Crippen LogP contribution in [0.25, 0.3) is 0 Å². The fraction of sp³-hybridized carbons (Fsp3) is 0.951. The third kappa shape index (κ3) is 74.7. The average Bonchev–Trinajstić information content (AvgIpc) is 0.949. The van der Waals surface area contributed by atoms with Crippen LogP contribution in [0.2, 0.25) is 0 Å². The summed E-state index contributed by atoms with van der Waals surface area (Å²) in [6.45, 7) is 9.64. The van der Waals surface area contributed by atoms with Crippen LogP contribution in [0.4, 0.5) is 0 Å². The smallest absolute Gasteiger partial charge is 0.462 e. The highest BCUT2D eigenvalue weighted by Crippen LogP contribution is 2.45. The number of ether oxygens (including phenoxy) is 4. The third-order valence-electron chi connectivity index (χ3n) is 19.6. The van der Waals surface area contributed by atoms with Crippen LogP contribution in [0, 0.1) is 11.8 Å². The highest BCUT2D eigenvalue weighted by molar-refractivity contribution is 7.47. The van der Waals surface area contributed by atoms with E-state index in [-0.39, 0.29) is 25.7 Å². The minimum atomic E-state index is -4.96. The number of aliphatic hydroxyl groups is 1. The van der Waals surface area contributed by atoms with E-state index in [0.717, 1.165) is 102 Å².